The molecule has 1 heterocycles. The second-order valence-corrected chi connectivity index (χ2v) is 18.0. The molecule has 1 aromatic heterocycles. The van der Waals surface area contributed by atoms with Gasteiger partial charge in [0.1, 0.15) is 13.4 Å². The molecule has 4 aromatic carbocycles. The molecule has 5 rings (SSSR count). The van der Waals surface area contributed by atoms with E-state index in [0.29, 0.717) is 6.42 Å². The first-order chi connectivity index (χ1) is 18.7. The number of carbonyl (C=O) groups is 1. The first kappa shape index (κ1) is 28.4. The van der Waals surface area contributed by atoms with E-state index in [1.165, 1.54) is 0 Å². The minimum atomic E-state index is -1.14. The van der Waals surface area contributed by atoms with Crippen molar-refractivity contribution in [1.82, 2.24) is 10.3 Å². The van der Waals surface area contributed by atoms with Crippen LogP contribution in [-0.4, -0.2) is 29.5 Å². The lowest BCUT2D eigenvalue weighted by Gasteiger charge is -2.39. The van der Waals surface area contributed by atoms with E-state index < -0.39 is 24.9 Å². The van der Waals surface area contributed by atoms with Gasteiger partial charge in [-0.25, -0.2) is 0 Å². The molecule has 0 fully saturated rings. The zero-order chi connectivity index (χ0) is 27.9. The lowest BCUT2D eigenvalue weighted by molar-refractivity contribution is -0.139. The van der Waals surface area contributed by atoms with Gasteiger partial charge in [-0.1, -0.05) is 129 Å². The quantitative estimate of drug-likeness (QED) is 0.104. The number of halogens is 1. The maximum absolute atomic E-state index is 12.7. The third-order valence-corrected chi connectivity index (χ3v) is 6.41. The predicted octanol–water partition coefficient (Wildman–Crippen LogP) is 7.81. The number of hydrogen-bond acceptors (Lipinski definition) is 2. The van der Waals surface area contributed by atoms with Gasteiger partial charge in [0, 0.05) is 23.5 Å². The van der Waals surface area contributed by atoms with Crippen molar-refractivity contribution in [3.8, 4) is 0 Å². The molecule has 0 saturated carbocycles. The summed E-state index contributed by atoms with van der Waals surface area (Å²) in [5.74, 6) is -0.891. The standard InChI is InChI=1S/C30H26N2O2.C3H9ClSi/c33-29(34)28(20-22-21-31-27-19-11-10-18-26(22)27)32-30(23-12-4-1-5-13-23,24-14-6-2-7-15-24)25-16-8-3-9-17-25;1-5(2,3)4/h1-19,21,28,31-32H,20H2,(H,33,34);1-3H3/t28-;/m0./s1. The summed E-state index contributed by atoms with van der Waals surface area (Å²) in [7, 11) is -1.14. The number of aliphatic carboxylic acids is 1. The van der Waals surface area contributed by atoms with Crippen molar-refractivity contribution in [1.29, 1.82) is 0 Å². The number of aromatic amines is 1. The Balaban J connectivity index is 0.000000648. The van der Waals surface area contributed by atoms with E-state index in [4.69, 9.17) is 11.1 Å². The highest BCUT2D eigenvalue weighted by atomic mass is 35.6. The number of para-hydroxylation sites is 1. The first-order valence-electron chi connectivity index (χ1n) is 13.1. The Bertz CT molecular complexity index is 1380. The highest BCUT2D eigenvalue weighted by molar-refractivity contribution is 7.18. The van der Waals surface area contributed by atoms with Crippen LogP contribution in [0.25, 0.3) is 10.9 Å². The monoisotopic (exact) mass is 554 g/mol. The summed E-state index contributed by atoms with van der Waals surface area (Å²) in [5, 5.41) is 15.0. The number of benzene rings is 4. The molecule has 0 aliphatic rings. The highest BCUT2D eigenvalue weighted by Gasteiger charge is 2.40. The van der Waals surface area contributed by atoms with E-state index >= 15 is 0 Å². The zero-order valence-electron chi connectivity index (χ0n) is 22.6. The normalized spacial score (nSPS) is 12.4. The van der Waals surface area contributed by atoms with Crippen LogP contribution in [0, 0.1) is 0 Å². The average molecular weight is 555 g/mol. The molecule has 0 radical (unpaired) electrons. The number of carboxylic acids is 1. The lowest BCUT2D eigenvalue weighted by Crippen LogP contribution is -2.53. The van der Waals surface area contributed by atoms with Crippen molar-refractivity contribution < 1.29 is 9.90 Å². The van der Waals surface area contributed by atoms with E-state index in [1.807, 2.05) is 85.1 Å². The van der Waals surface area contributed by atoms with Gasteiger partial charge in [-0.05, 0) is 28.3 Å². The number of aromatic nitrogens is 1. The van der Waals surface area contributed by atoms with Gasteiger partial charge in [-0.15, -0.1) is 0 Å². The fourth-order valence-electron chi connectivity index (χ4n) is 4.80. The summed E-state index contributed by atoms with van der Waals surface area (Å²) in [6.45, 7) is 6.28. The van der Waals surface area contributed by atoms with Crippen LogP contribution >= 0.6 is 11.1 Å². The smallest absolute Gasteiger partial charge is 0.321 e. The molecule has 0 aliphatic heterocycles. The molecule has 6 heteroatoms. The molecule has 0 bridgehead atoms. The Kier molecular flexibility index (Phi) is 9.07. The molecule has 3 N–H and O–H groups in total. The third kappa shape index (κ3) is 7.06. The van der Waals surface area contributed by atoms with Gasteiger partial charge in [0.15, 0.2) is 0 Å². The third-order valence-electron chi connectivity index (χ3n) is 6.41. The molecule has 0 unspecified atom stereocenters. The Labute approximate surface area is 236 Å². The van der Waals surface area contributed by atoms with Crippen molar-refractivity contribution in [2.75, 3.05) is 0 Å². The van der Waals surface area contributed by atoms with E-state index in [1.54, 1.807) is 0 Å². The second-order valence-electron chi connectivity index (χ2n) is 10.5. The van der Waals surface area contributed by atoms with Gasteiger partial charge in [-0.3, -0.25) is 10.1 Å². The Morgan fingerprint density at radius 3 is 1.64 bits per heavy atom. The number of nitrogens with one attached hydrogen (secondary N) is 2. The van der Waals surface area contributed by atoms with Crippen LogP contribution in [0.3, 0.4) is 0 Å². The first-order valence-corrected chi connectivity index (χ1v) is 17.6. The van der Waals surface area contributed by atoms with Crippen molar-refractivity contribution in [2.24, 2.45) is 0 Å². The maximum Gasteiger partial charge on any atom is 0.321 e. The van der Waals surface area contributed by atoms with Crippen LogP contribution in [0.2, 0.25) is 19.6 Å². The average Bonchev–Trinajstić information content (AvgIpc) is 3.34. The van der Waals surface area contributed by atoms with Gasteiger partial charge in [-0.2, -0.15) is 11.1 Å². The lowest BCUT2D eigenvalue weighted by atomic mass is 9.76. The van der Waals surface area contributed by atoms with Gasteiger partial charge in [0.25, 0.3) is 0 Å². The van der Waals surface area contributed by atoms with Crippen molar-refractivity contribution in [3.63, 3.8) is 0 Å². The van der Waals surface area contributed by atoms with Crippen molar-refractivity contribution in [2.45, 2.75) is 37.6 Å². The van der Waals surface area contributed by atoms with Crippen molar-refractivity contribution >= 4 is 35.3 Å². The van der Waals surface area contributed by atoms with Crippen molar-refractivity contribution in [3.05, 3.63) is 144 Å². The molecule has 39 heavy (non-hydrogen) atoms. The number of hydrogen-bond donors (Lipinski definition) is 3. The molecule has 0 spiro atoms. The molecule has 5 aromatic rings. The summed E-state index contributed by atoms with van der Waals surface area (Å²) < 4.78 is 0. The van der Waals surface area contributed by atoms with Crippen LogP contribution < -0.4 is 5.32 Å². The van der Waals surface area contributed by atoms with Crippen LogP contribution in [0.5, 0.6) is 0 Å². The zero-order valence-corrected chi connectivity index (χ0v) is 24.3. The van der Waals surface area contributed by atoms with Crippen LogP contribution in [0.4, 0.5) is 0 Å². The van der Waals surface area contributed by atoms with E-state index in [0.717, 1.165) is 33.2 Å². The number of H-pyrrole nitrogens is 1. The predicted molar refractivity (Wildman–Crippen MR) is 165 cm³/mol. The maximum atomic E-state index is 12.7. The van der Waals surface area contributed by atoms with Gasteiger partial charge < -0.3 is 10.1 Å². The molecule has 4 nitrogen and oxygen atoms in total. The van der Waals surface area contributed by atoms with Crippen LogP contribution in [0.15, 0.2) is 121 Å². The van der Waals surface area contributed by atoms with Gasteiger partial charge in [0.2, 0.25) is 0 Å². The molecule has 1 atom stereocenters. The Morgan fingerprint density at radius 2 is 1.21 bits per heavy atom. The largest absolute Gasteiger partial charge is 0.480 e. The highest BCUT2D eigenvalue weighted by Crippen LogP contribution is 2.37. The number of rotatable bonds is 8. The minimum Gasteiger partial charge on any atom is -0.480 e. The number of carboxylic acid groups (broad SMARTS) is 1. The van der Waals surface area contributed by atoms with Gasteiger partial charge >= 0.3 is 5.97 Å². The molecule has 0 saturated heterocycles. The summed E-state index contributed by atoms with van der Waals surface area (Å²) in [6, 6.07) is 37.4. The summed E-state index contributed by atoms with van der Waals surface area (Å²) >= 11 is 5.67. The fourth-order valence-corrected chi connectivity index (χ4v) is 4.80. The summed E-state index contributed by atoms with van der Waals surface area (Å²) in [4.78, 5) is 15.9. The van der Waals surface area contributed by atoms with E-state index in [-0.39, 0.29) is 0 Å². The number of fused-ring (bicyclic) bond motifs is 1. The molecular formula is C33H35ClN2O2Si. The van der Waals surface area contributed by atoms with Crippen LogP contribution in [0.1, 0.15) is 22.3 Å². The Morgan fingerprint density at radius 1 is 0.795 bits per heavy atom. The van der Waals surface area contributed by atoms with Crippen LogP contribution in [-0.2, 0) is 16.8 Å². The second kappa shape index (κ2) is 12.5. The molecule has 0 amide bonds. The van der Waals surface area contributed by atoms with E-state index in [2.05, 4.69) is 66.3 Å². The summed E-state index contributed by atoms with van der Waals surface area (Å²) in [6.07, 6.45) is 2.26. The van der Waals surface area contributed by atoms with Gasteiger partial charge in [0.05, 0.1) is 5.54 Å². The topological polar surface area (TPSA) is 65.1 Å². The minimum absolute atomic E-state index is 0.341. The molecule has 200 valence electrons. The molecule has 0 aliphatic carbocycles. The molecular weight excluding hydrogens is 520 g/mol. The SMILES string of the molecule is C[Si](C)(C)Cl.O=C(O)[C@H](Cc1c[nH]c2ccccc12)NC(c1ccccc1)(c1ccccc1)c1ccccc1. The Hall–Kier alpha value is -3.64. The fraction of sp³-hybridized carbons (Fsp3) is 0.182. The van der Waals surface area contributed by atoms with E-state index in [9.17, 15) is 9.90 Å². The summed E-state index contributed by atoms with van der Waals surface area (Å²) in [5.41, 5.74) is 4.08.